The van der Waals surface area contributed by atoms with Crippen LogP contribution in [0.2, 0.25) is 0 Å². The third-order valence-electron chi connectivity index (χ3n) is 1.77. The lowest BCUT2D eigenvalue weighted by Gasteiger charge is -2.03. The van der Waals surface area contributed by atoms with E-state index in [9.17, 15) is 0 Å². The second-order valence-electron chi connectivity index (χ2n) is 3.12. The Balaban J connectivity index is 4.48. The highest BCUT2D eigenvalue weighted by Gasteiger charge is 1.97. The predicted molar refractivity (Wildman–Crippen MR) is 56.5 cm³/mol. The highest BCUT2D eigenvalue weighted by atomic mass is 14.7. The fraction of sp³-hybridized carbons (Fsp3) is 0.545. The summed E-state index contributed by atoms with van der Waals surface area (Å²) in [6.45, 7) is 10.4. The van der Waals surface area contributed by atoms with Crippen LogP contribution in [0.3, 0.4) is 0 Å². The van der Waals surface area contributed by atoms with Gasteiger partial charge in [0.2, 0.25) is 0 Å². The van der Waals surface area contributed by atoms with Crippen LogP contribution in [-0.4, -0.2) is 5.71 Å². The van der Waals surface area contributed by atoms with E-state index in [1.165, 1.54) is 5.71 Å². The summed E-state index contributed by atoms with van der Waals surface area (Å²) in [6.07, 6.45) is 6.05. The fourth-order valence-corrected chi connectivity index (χ4v) is 0.702. The van der Waals surface area contributed by atoms with Crippen molar-refractivity contribution in [1.82, 2.24) is 0 Å². The fourth-order valence-electron chi connectivity index (χ4n) is 0.702. The average molecular weight is 165 g/mol. The van der Waals surface area contributed by atoms with Crippen LogP contribution in [0.4, 0.5) is 0 Å². The molecule has 0 saturated heterocycles. The number of rotatable bonds is 3. The van der Waals surface area contributed by atoms with Gasteiger partial charge in [-0.25, -0.2) is 0 Å². The Labute approximate surface area is 75.9 Å². The second-order valence-corrected chi connectivity index (χ2v) is 3.12. The van der Waals surface area contributed by atoms with E-state index in [0.29, 0.717) is 5.92 Å². The first-order chi connectivity index (χ1) is 5.61. The van der Waals surface area contributed by atoms with Crippen molar-refractivity contribution in [3.05, 3.63) is 23.9 Å². The summed E-state index contributed by atoms with van der Waals surface area (Å²) >= 11 is 0. The van der Waals surface area contributed by atoms with E-state index in [4.69, 9.17) is 0 Å². The number of hydrogen-bond acceptors (Lipinski definition) is 1. The van der Waals surface area contributed by atoms with E-state index >= 15 is 0 Å². The van der Waals surface area contributed by atoms with Crippen LogP contribution in [0, 0.1) is 5.92 Å². The maximum absolute atomic E-state index is 4.48. The first-order valence-electron chi connectivity index (χ1n) is 4.46. The van der Waals surface area contributed by atoms with E-state index in [2.05, 4.69) is 25.8 Å². The first-order valence-corrected chi connectivity index (χ1v) is 4.46. The highest BCUT2D eigenvalue weighted by Crippen LogP contribution is 2.04. The SMILES string of the molecule is C/C=C\C(=C\C)N=C(C)C(C)C. The van der Waals surface area contributed by atoms with Crippen molar-refractivity contribution >= 4 is 5.71 Å². The Kier molecular flexibility index (Phi) is 5.35. The summed E-state index contributed by atoms with van der Waals surface area (Å²) < 4.78 is 0. The van der Waals surface area contributed by atoms with Crippen molar-refractivity contribution in [1.29, 1.82) is 0 Å². The monoisotopic (exact) mass is 165 g/mol. The summed E-state index contributed by atoms with van der Waals surface area (Å²) in [5.41, 5.74) is 2.23. The lowest BCUT2D eigenvalue weighted by Crippen LogP contribution is -2.01. The first kappa shape index (κ1) is 11.2. The highest BCUT2D eigenvalue weighted by molar-refractivity contribution is 5.84. The van der Waals surface area contributed by atoms with Crippen LogP contribution in [0.25, 0.3) is 0 Å². The maximum Gasteiger partial charge on any atom is 0.0583 e. The molecule has 0 unspecified atom stereocenters. The van der Waals surface area contributed by atoms with Gasteiger partial charge in [0.1, 0.15) is 0 Å². The molecule has 0 atom stereocenters. The van der Waals surface area contributed by atoms with Gasteiger partial charge < -0.3 is 0 Å². The lowest BCUT2D eigenvalue weighted by molar-refractivity contribution is 0.876. The quantitative estimate of drug-likeness (QED) is 0.447. The van der Waals surface area contributed by atoms with E-state index in [1.54, 1.807) is 0 Å². The minimum absolute atomic E-state index is 0.533. The Bertz CT molecular complexity index is 207. The zero-order valence-electron chi connectivity index (χ0n) is 8.76. The van der Waals surface area contributed by atoms with E-state index < -0.39 is 0 Å². The van der Waals surface area contributed by atoms with Gasteiger partial charge in [-0.2, -0.15) is 0 Å². The number of hydrogen-bond donors (Lipinski definition) is 0. The zero-order chi connectivity index (χ0) is 9.56. The molecule has 1 heteroatoms. The molecule has 0 heterocycles. The molecule has 0 radical (unpaired) electrons. The van der Waals surface area contributed by atoms with Crippen LogP contribution < -0.4 is 0 Å². The molecule has 0 rings (SSSR count). The molecule has 0 N–H and O–H groups in total. The number of aliphatic imine (C=N–C) groups is 1. The zero-order valence-corrected chi connectivity index (χ0v) is 8.76. The number of nitrogens with zero attached hydrogens (tertiary/aromatic N) is 1. The molecule has 0 aromatic rings. The van der Waals surface area contributed by atoms with E-state index in [1.807, 2.05) is 32.1 Å². The molecule has 1 nitrogen and oxygen atoms in total. The van der Waals surface area contributed by atoms with Gasteiger partial charge in [0.15, 0.2) is 0 Å². The Hall–Kier alpha value is -0.850. The van der Waals surface area contributed by atoms with Crippen molar-refractivity contribution in [2.75, 3.05) is 0 Å². The normalized spacial score (nSPS) is 14.8. The van der Waals surface area contributed by atoms with Crippen LogP contribution in [0.5, 0.6) is 0 Å². The molecule has 0 aliphatic heterocycles. The number of allylic oxidation sites excluding steroid dienone is 3. The molecule has 0 fully saturated rings. The summed E-state index contributed by atoms with van der Waals surface area (Å²) in [4.78, 5) is 4.48. The van der Waals surface area contributed by atoms with Gasteiger partial charge >= 0.3 is 0 Å². The maximum atomic E-state index is 4.48. The lowest BCUT2D eigenvalue weighted by atomic mass is 10.1. The summed E-state index contributed by atoms with van der Waals surface area (Å²) in [5, 5.41) is 0. The Morgan fingerprint density at radius 2 is 1.83 bits per heavy atom. The van der Waals surface area contributed by atoms with E-state index in [0.717, 1.165) is 5.70 Å². The summed E-state index contributed by atoms with van der Waals surface area (Å²) in [6, 6.07) is 0. The molecule has 0 amide bonds. The van der Waals surface area contributed by atoms with Crippen LogP contribution in [0.15, 0.2) is 28.9 Å². The topological polar surface area (TPSA) is 12.4 Å². The average Bonchev–Trinajstić information content (AvgIpc) is 2.03. The van der Waals surface area contributed by atoms with Gasteiger partial charge in [0, 0.05) is 5.71 Å². The minimum atomic E-state index is 0.533. The molecule has 0 aromatic carbocycles. The van der Waals surface area contributed by atoms with Gasteiger partial charge in [-0.15, -0.1) is 0 Å². The second kappa shape index (κ2) is 5.76. The molecule has 68 valence electrons. The Morgan fingerprint density at radius 1 is 1.25 bits per heavy atom. The van der Waals surface area contributed by atoms with Crippen LogP contribution in [-0.2, 0) is 0 Å². The molecule has 0 bridgehead atoms. The molecule has 0 saturated carbocycles. The smallest absolute Gasteiger partial charge is 0.0583 e. The van der Waals surface area contributed by atoms with Crippen molar-refractivity contribution in [3.63, 3.8) is 0 Å². The third kappa shape index (κ3) is 4.12. The van der Waals surface area contributed by atoms with Gasteiger partial charge in [0.05, 0.1) is 5.70 Å². The predicted octanol–water partition coefficient (Wildman–Crippen LogP) is 3.58. The summed E-state index contributed by atoms with van der Waals surface area (Å²) in [5.74, 6) is 0.533. The molecule has 0 aliphatic carbocycles. The molecule has 12 heavy (non-hydrogen) atoms. The molecular formula is C11H19N. The van der Waals surface area contributed by atoms with Crippen molar-refractivity contribution in [2.45, 2.75) is 34.6 Å². The van der Waals surface area contributed by atoms with Crippen LogP contribution in [0.1, 0.15) is 34.6 Å². The van der Waals surface area contributed by atoms with Gasteiger partial charge in [-0.3, -0.25) is 4.99 Å². The summed E-state index contributed by atoms with van der Waals surface area (Å²) in [7, 11) is 0. The largest absolute Gasteiger partial charge is 0.258 e. The van der Waals surface area contributed by atoms with Crippen molar-refractivity contribution < 1.29 is 0 Å². The molecule has 0 spiro atoms. The van der Waals surface area contributed by atoms with Gasteiger partial charge in [0.25, 0.3) is 0 Å². The van der Waals surface area contributed by atoms with E-state index in [-0.39, 0.29) is 0 Å². The molecular weight excluding hydrogens is 146 g/mol. The van der Waals surface area contributed by atoms with Gasteiger partial charge in [-0.1, -0.05) is 26.0 Å². The molecule has 0 aliphatic rings. The molecule has 0 aromatic heterocycles. The third-order valence-corrected chi connectivity index (χ3v) is 1.77. The Morgan fingerprint density at radius 3 is 2.17 bits per heavy atom. The minimum Gasteiger partial charge on any atom is -0.258 e. The van der Waals surface area contributed by atoms with Gasteiger partial charge in [-0.05, 0) is 32.8 Å². The standard InChI is InChI=1S/C11H19N/c1-6-8-11(7-2)12-10(5)9(3)4/h6-9H,1-5H3/b8-6-,11-7-,12-10?. The van der Waals surface area contributed by atoms with Crippen molar-refractivity contribution in [2.24, 2.45) is 10.9 Å². The van der Waals surface area contributed by atoms with Crippen molar-refractivity contribution in [3.8, 4) is 0 Å². The van der Waals surface area contributed by atoms with Crippen LogP contribution >= 0.6 is 0 Å².